The van der Waals surface area contributed by atoms with Crippen LogP contribution in [0.3, 0.4) is 0 Å². The molecule has 3 nitrogen and oxygen atoms in total. The predicted molar refractivity (Wildman–Crippen MR) is 66.1 cm³/mol. The van der Waals surface area contributed by atoms with Crippen LogP contribution in [0.2, 0.25) is 5.02 Å². The molecule has 0 bridgehead atoms. The van der Waals surface area contributed by atoms with Gasteiger partial charge in [0.15, 0.2) is 0 Å². The summed E-state index contributed by atoms with van der Waals surface area (Å²) in [4.78, 5) is 15.4. The molecular weight excluding hydrogens is 293 g/mol. The fourth-order valence-corrected chi connectivity index (χ4v) is 2.46. The largest absolute Gasteiger partial charge is 0.478 e. The number of hydrogen-bond acceptors (Lipinski definition) is 2. The normalized spacial score (nSPS) is 10.7. The fourth-order valence-electron chi connectivity index (χ4n) is 1.56. The summed E-state index contributed by atoms with van der Waals surface area (Å²) in [5.74, 6) is -0.982. The molecule has 0 aliphatic heterocycles. The Labute approximate surface area is 105 Å². The van der Waals surface area contributed by atoms with Gasteiger partial charge in [0.1, 0.15) is 0 Å². The van der Waals surface area contributed by atoms with Crippen molar-refractivity contribution in [1.29, 1.82) is 0 Å². The second-order valence-electron chi connectivity index (χ2n) is 3.40. The highest BCUT2D eigenvalue weighted by Gasteiger charge is 2.13. The third-order valence-corrected chi connectivity index (χ3v) is 3.01. The standard InChI is InChI=1S/C11H7BrClNO2/c1-5-2-8(11(15)16)7-3-6(13)4-9(12)10(7)14-5/h2-4H,1H3,(H,15,16). The van der Waals surface area contributed by atoms with E-state index in [9.17, 15) is 4.79 Å². The number of hydrogen-bond donors (Lipinski definition) is 1. The Morgan fingerprint density at radius 3 is 2.75 bits per heavy atom. The Hall–Kier alpha value is -1.13. The number of carboxylic acids is 1. The van der Waals surface area contributed by atoms with Crippen LogP contribution in [0, 0.1) is 6.92 Å². The predicted octanol–water partition coefficient (Wildman–Crippen LogP) is 3.66. The van der Waals surface area contributed by atoms with Crippen molar-refractivity contribution in [3.8, 4) is 0 Å². The van der Waals surface area contributed by atoms with E-state index in [0.29, 0.717) is 26.1 Å². The first-order chi connectivity index (χ1) is 7.49. The number of rotatable bonds is 1. The van der Waals surface area contributed by atoms with Crippen LogP contribution in [0.5, 0.6) is 0 Å². The van der Waals surface area contributed by atoms with Gasteiger partial charge in [-0.15, -0.1) is 0 Å². The van der Waals surface area contributed by atoms with Gasteiger partial charge in [-0.3, -0.25) is 4.98 Å². The lowest BCUT2D eigenvalue weighted by Gasteiger charge is -2.06. The molecule has 0 aliphatic carbocycles. The smallest absolute Gasteiger partial charge is 0.336 e. The topological polar surface area (TPSA) is 50.2 Å². The lowest BCUT2D eigenvalue weighted by molar-refractivity contribution is 0.0699. The lowest BCUT2D eigenvalue weighted by Crippen LogP contribution is -2.00. The molecule has 0 aliphatic rings. The van der Waals surface area contributed by atoms with Crippen molar-refractivity contribution in [2.24, 2.45) is 0 Å². The SMILES string of the molecule is Cc1cc(C(=O)O)c2cc(Cl)cc(Br)c2n1. The van der Waals surface area contributed by atoms with Gasteiger partial charge in [-0.05, 0) is 41.1 Å². The van der Waals surface area contributed by atoms with E-state index in [-0.39, 0.29) is 5.56 Å². The van der Waals surface area contributed by atoms with Crippen LogP contribution in [-0.2, 0) is 0 Å². The third kappa shape index (κ3) is 1.90. The van der Waals surface area contributed by atoms with Crippen molar-refractivity contribution >= 4 is 44.4 Å². The molecule has 0 amide bonds. The zero-order valence-corrected chi connectivity index (χ0v) is 10.6. The molecule has 0 saturated heterocycles. The van der Waals surface area contributed by atoms with Gasteiger partial charge in [0.25, 0.3) is 0 Å². The summed E-state index contributed by atoms with van der Waals surface area (Å²) in [6, 6.07) is 4.84. The van der Waals surface area contributed by atoms with Crippen molar-refractivity contribution in [2.45, 2.75) is 6.92 Å². The number of fused-ring (bicyclic) bond motifs is 1. The quantitative estimate of drug-likeness (QED) is 0.874. The van der Waals surface area contributed by atoms with Crippen molar-refractivity contribution in [3.63, 3.8) is 0 Å². The Bertz CT molecular complexity index is 598. The molecule has 2 aromatic rings. The van der Waals surface area contributed by atoms with E-state index in [4.69, 9.17) is 16.7 Å². The third-order valence-electron chi connectivity index (χ3n) is 2.19. The summed E-state index contributed by atoms with van der Waals surface area (Å²) >= 11 is 9.21. The van der Waals surface area contributed by atoms with Crippen LogP contribution in [0.15, 0.2) is 22.7 Å². The maximum Gasteiger partial charge on any atom is 0.336 e. The average Bonchev–Trinajstić information content (AvgIpc) is 2.18. The van der Waals surface area contributed by atoms with Crippen LogP contribution < -0.4 is 0 Å². The molecule has 82 valence electrons. The zero-order valence-electron chi connectivity index (χ0n) is 8.29. The summed E-state index contributed by atoms with van der Waals surface area (Å²) in [7, 11) is 0. The number of nitrogens with zero attached hydrogens (tertiary/aromatic N) is 1. The first-order valence-corrected chi connectivity index (χ1v) is 5.66. The van der Waals surface area contributed by atoms with Crippen LogP contribution in [0.1, 0.15) is 16.1 Å². The Balaban J connectivity index is 2.95. The van der Waals surface area contributed by atoms with Crippen LogP contribution >= 0.6 is 27.5 Å². The molecule has 1 aromatic carbocycles. The number of benzene rings is 1. The molecule has 0 radical (unpaired) electrons. The highest BCUT2D eigenvalue weighted by atomic mass is 79.9. The molecule has 0 fully saturated rings. The first-order valence-electron chi connectivity index (χ1n) is 4.48. The summed E-state index contributed by atoms with van der Waals surface area (Å²) in [5.41, 5.74) is 1.49. The van der Waals surface area contributed by atoms with E-state index in [1.54, 1.807) is 19.1 Å². The van der Waals surface area contributed by atoms with E-state index in [0.717, 1.165) is 0 Å². The number of carboxylic acid groups (broad SMARTS) is 1. The minimum Gasteiger partial charge on any atom is -0.478 e. The van der Waals surface area contributed by atoms with Gasteiger partial charge < -0.3 is 5.11 Å². The number of carbonyl (C=O) groups is 1. The van der Waals surface area contributed by atoms with Gasteiger partial charge in [0.05, 0.1) is 11.1 Å². The van der Waals surface area contributed by atoms with Crippen molar-refractivity contribution in [2.75, 3.05) is 0 Å². The number of halogens is 2. The fraction of sp³-hybridized carbons (Fsp3) is 0.0909. The summed E-state index contributed by atoms with van der Waals surface area (Å²) in [6.45, 7) is 1.76. The van der Waals surface area contributed by atoms with Crippen LogP contribution in [0.4, 0.5) is 0 Å². The van der Waals surface area contributed by atoms with Gasteiger partial charge in [-0.25, -0.2) is 4.79 Å². The second-order valence-corrected chi connectivity index (χ2v) is 4.69. The number of pyridine rings is 1. The van der Waals surface area contributed by atoms with Crippen molar-refractivity contribution < 1.29 is 9.90 Å². The van der Waals surface area contributed by atoms with Crippen molar-refractivity contribution in [1.82, 2.24) is 4.98 Å². The van der Waals surface area contributed by atoms with E-state index >= 15 is 0 Å². The molecule has 0 saturated carbocycles. The van der Waals surface area contributed by atoms with Gasteiger partial charge in [-0.1, -0.05) is 11.6 Å². The van der Waals surface area contributed by atoms with E-state index in [1.807, 2.05) is 0 Å². The Morgan fingerprint density at radius 2 is 2.12 bits per heavy atom. The number of aryl methyl sites for hydroxylation is 1. The maximum absolute atomic E-state index is 11.1. The average molecular weight is 301 g/mol. The molecule has 0 unspecified atom stereocenters. The summed E-state index contributed by atoms with van der Waals surface area (Å²) in [6.07, 6.45) is 0. The lowest BCUT2D eigenvalue weighted by atomic mass is 10.1. The molecule has 0 atom stereocenters. The van der Waals surface area contributed by atoms with E-state index in [1.165, 1.54) is 6.07 Å². The summed E-state index contributed by atoms with van der Waals surface area (Å²) in [5, 5.41) is 10.1. The highest BCUT2D eigenvalue weighted by molar-refractivity contribution is 9.10. The van der Waals surface area contributed by atoms with Gasteiger partial charge in [0, 0.05) is 20.6 Å². The number of aromatic nitrogens is 1. The molecule has 1 N–H and O–H groups in total. The molecule has 5 heteroatoms. The minimum absolute atomic E-state index is 0.214. The van der Waals surface area contributed by atoms with Crippen LogP contribution in [0.25, 0.3) is 10.9 Å². The number of aromatic carboxylic acids is 1. The van der Waals surface area contributed by atoms with Gasteiger partial charge in [-0.2, -0.15) is 0 Å². The first kappa shape index (κ1) is 11.4. The molecule has 2 rings (SSSR count). The zero-order chi connectivity index (χ0) is 11.9. The maximum atomic E-state index is 11.1. The molecule has 16 heavy (non-hydrogen) atoms. The van der Waals surface area contributed by atoms with E-state index < -0.39 is 5.97 Å². The Morgan fingerprint density at radius 1 is 1.44 bits per heavy atom. The van der Waals surface area contributed by atoms with Gasteiger partial charge >= 0.3 is 5.97 Å². The monoisotopic (exact) mass is 299 g/mol. The van der Waals surface area contributed by atoms with Crippen molar-refractivity contribution in [3.05, 3.63) is 39.0 Å². The van der Waals surface area contributed by atoms with Crippen LogP contribution in [-0.4, -0.2) is 16.1 Å². The molecular formula is C11H7BrClNO2. The van der Waals surface area contributed by atoms with Gasteiger partial charge in [0.2, 0.25) is 0 Å². The highest BCUT2D eigenvalue weighted by Crippen LogP contribution is 2.29. The Kier molecular flexibility index (Phi) is 2.86. The molecule has 1 heterocycles. The second kappa shape index (κ2) is 4.03. The summed E-state index contributed by atoms with van der Waals surface area (Å²) < 4.78 is 0.696. The van der Waals surface area contributed by atoms with E-state index in [2.05, 4.69) is 20.9 Å². The minimum atomic E-state index is -0.982. The molecule has 0 spiro atoms. The molecule has 1 aromatic heterocycles.